The van der Waals surface area contributed by atoms with Gasteiger partial charge in [-0.3, -0.25) is 0 Å². The van der Waals surface area contributed by atoms with E-state index < -0.39 is 0 Å². The second-order valence-corrected chi connectivity index (χ2v) is 11.7. The summed E-state index contributed by atoms with van der Waals surface area (Å²) in [6.07, 6.45) is 2.09. The average Bonchev–Trinajstić information content (AvgIpc) is 2.94. The van der Waals surface area contributed by atoms with Gasteiger partial charge >= 0.3 is 0 Å². The number of ether oxygens (including phenoxy) is 1. The molecule has 0 aliphatic carbocycles. The van der Waals surface area contributed by atoms with Crippen molar-refractivity contribution >= 4 is 5.69 Å². The Bertz CT molecular complexity index is 1270. The van der Waals surface area contributed by atoms with E-state index in [0.717, 1.165) is 63.2 Å². The summed E-state index contributed by atoms with van der Waals surface area (Å²) in [7, 11) is 2.20. The highest BCUT2D eigenvalue weighted by Crippen LogP contribution is 2.50. The molecule has 0 radical (unpaired) electrons. The van der Waals surface area contributed by atoms with E-state index in [2.05, 4.69) is 46.9 Å². The fraction of sp³-hybridized carbons (Fsp3) is 0.455. The van der Waals surface area contributed by atoms with E-state index in [-0.39, 0.29) is 29.5 Å². The molecule has 3 heterocycles. The number of phenolic OH excluding ortho intramolecular Hbond substituents is 1. The highest BCUT2D eigenvalue weighted by atomic mass is 19.1. The molecule has 2 fully saturated rings. The van der Waals surface area contributed by atoms with Gasteiger partial charge in [0.15, 0.2) is 0 Å². The Kier molecular flexibility index (Phi) is 7.50. The lowest BCUT2D eigenvalue weighted by Crippen LogP contribution is -2.47. The lowest BCUT2D eigenvalue weighted by Gasteiger charge is -2.40. The number of aromatic hydroxyl groups is 1. The number of piperidine rings is 1. The predicted molar refractivity (Wildman–Crippen MR) is 154 cm³/mol. The molecule has 0 bridgehead atoms. The lowest BCUT2D eigenvalue weighted by molar-refractivity contribution is 0.129. The summed E-state index contributed by atoms with van der Waals surface area (Å²) in [6.45, 7) is 9.65. The molecule has 3 aromatic carbocycles. The number of halogens is 1. The molecule has 0 saturated carbocycles. The van der Waals surface area contributed by atoms with Crippen LogP contribution in [0.2, 0.25) is 0 Å². The second kappa shape index (κ2) is 11.2. The lowest BCUT2D eigenvalue weighted by atomic mass is 9.73. The van der Waals surface area contributed by atoms with Gasteiger partial charge in [-0.25, -0.2) is 4.39 Å². The zero-order valence-electron chi connectivity index (χ0n) is 23.1. The number of hydrogen-bond donors (Lipinski definition) is 1. The number of likely N-dealkylation sites (N-methyl/N-ethyl adjacent to an activating group) is 1. The Labute approximate surface area is 231 Å². The van der Waals surface area contributed by atoms with E-state index >= 15 is 4.39 Å². The third-order valence-corrected chi connectivity index (χ3v) is 9.09. The Hall–Kier alpha value is -3.09. The summed E-state index contributed by atoms with van der Waals surface area (Å²) in [5.41, 5.74) is 3.80. The van der Waals surface area contributed by atoms with Crippen LogP contribution in [0.15, 0.2) is 66.7 Å². The minimum absolute atomic E-state index is 0.0267. The number of nitrogens with zero attached hydrogens (tertiary/aromatic N) is 3. The summed E-state index contributed by atoms with van der Waals surface area (Å²) in [6, 6.07) is 21.5. The van der Waals surface area contributed by atoms with E-state index in [0.29, 0.717) is 17.4 Å². The molecule has 3 unspecified atom stereocenters. The number of anilines is 1. The molecule has 3 atom stereocenters. The zero-order chi connectivity index (χ0) is 26.9. The van der Waals surface area contributed by atoms with E-state index in [4.69, 9.17) is 4.74 Å². The molecule has 1 N–H and O–H groups in total. The molecule has 6 heteroatoms. The number of rotatable bonds is 5. The molecule has 39 heavy (non-hydrogen) atoms. The molecule has 0 spiro atoms. The quantitative estimate of drug-likeness (QED) is 0.460. The summed E-state index contributed by atoms with van der Waals surface area (Å²) in [5, 5.41) is 10.1. The average molecular weight is 530 g/mol. The molecule has 5 nitrogen and oxygen atoms in total. The molecule has 3 aromatic rings. The molecule has 0 amide bonds. The minimum atomic E-state index is -0.156. The van der Waals surface area contributed by atoms with Gasteiger partial charge in [0.25, 0.3) is 0 Å². The van der Waals surface area contributed by atoms with Crippen molar-refractivity contribution in [3.05, 3.63) is 89.2 Å². The highest BCUT2D eigenvalue weighted by Gasteiger charge is 2.38. The van der Waals surface area contributed by atoms with Crippen LogP contribution in [-0.2, 0) is 0 Å². The van der Waals surface area contributed by atoms with E-state index in [1.807, 2.05) is 30.3 Å². The first-order valence-corrected chi connectivity index (χ1v) is 14.5. The van der Waals surface area contributed by atoms with Crippen LogP contribution in [0.3, 0.4) is 0 Å². The molecule has 6 rings (SSSR count). The van der Waals surface area contributed by atoms with Crippen molar-refractivity contribution in [1.82, 2.24) is 9.80 Å². The Morgan fingerprint density at radius 2 is 1.62 bits per heavy atom. The molecular formula is C33H40FN3O2. The number of fused-ring (bicyclic) bond motifs is 1. The van der Waals surface area contributed by atoms with Crippen LogP contribution in [0.4, 0.5) is 10.1 Å². The number of phenols is 1. The zero-order valence-corrected chi connectivity index (χ0v) is 23.1. The molecule has 3 aliphatic heterocycles. The van der Waals surface area contributed by atoms with Gasteiger partial charge in [-0.2, -0.15) is 0 Å². The van der Waals surface area contributed by atoms with Gasteiger partial charge in [0.1, 0.15) is 23.4 Å². The predicted octanol–water partition coefficient (Wildman–Crippen LogP) is 5.69. The van der Waals surface area contributed by atoms with Crippen molar-refractivity contribution in [2.45, 2.75) is 37.7 Å². The van der Waals surface area contributed by atoms with Gasteiger partial charge in [0.05, 0.1) is 5.69 Å². The van der Waals surface area contributed by atoms with Crippen molar-refractivity contribution in [2.75, 3.05) is 57.8 Å². The van der Waals surface area contributed by atoms with Crippen molar-refractivity contribution in [3.63, 3.8) is 0 Å². The maximum atomic E-state index is 15.8. The maximum absolute atomic E-state index is 15.8. The van der Waals surface area contributed by atoms with Gasteiger partial charge in [-0.15, -0.1) is 0 Å². The van der Waals surface area contributed by atoms with Crippen molar-refractivity contribution < 1.29 is 14.2 Å². The molecule has 206 valence electrons. The van der Waals surface area contributed by atoms with Crippen molar-refractivity contribution in [2.24, 2.45) is 5.92 Å². The first kappa shape index (κ1) is 26.1. The van der Waals surface area contributed by atoms with Crippen LogP contribution < -0.4 is 9.64 Å². The standard InChI is InChI=1S/C33H40FN3O2/c1-23-32(25-6-4-3-5-7-25)33(28-10-9-27(38)21-31(28)39-23)26-8-11-30(29(34)20-26)37-14-12-24(13-15-37)22-36-18-16-35(2)17-19-36/h3-11,20-21,23-24,32-33,38H,12-19,22H2,1-2H3. The summed E-state index contributed by atoms with van der Waals surface area (Å²) >= 11 is 0. The topological polar surface area (TPSA) is 39.2 Å². The van der Waals surface area contributed by atoms with Crippen molar-refractivity contribution in [1.29, 1.82) is 0 Å². The van der Waals surface area contributed by atoms with Gasteiger partial charge in [-0.05, 0) is 62.1 Å². The van der Waals surface area contributed by atoms with Gasteiger partial charge in [-0.1, -0.05) is 42.5 Å². The third-order valence-electron chi connectivity index (χ3n) is 9.09. The smallest absolute Gasteiger partial charge is 0.146 e. The molecule has 0 aromatic heterocycles. The fourth-order valence-electron chi connectivity index (χ4n) is 6.87. The van der Waals surface area contributed by atoms with E-state index in [1.54, 1.807) is 18.2 Å². The first-order chi connectivity index (χ1) is 19.0. The molecule has 2 saturated heterocycles. The minimum Gasteiger partial charge on any atom is -0.508 e. The van der Waals surface area contributed by atoms with Gasteiger partial charge in [0.2, 0.25) is 0 Å². The summed E-state index contributed by atoms with van der Waals surface area (Å²) in [4.78, 5) is 7.23. The Morgan fingerprint density at radius 1 is 0.872 bits per heavy atom. The second-order valence-electron chi connectivity index (χ2n) is 11.7. The SMILES string of the molecule is CC1Oc2cc(O)ccc2C(c2ccc(N3CCC(CN4CCN(C)CC4)CC3)c(F)c2)C1c1ccccc1. The van der Waals surface area contributed by atoms with E-state index in [9.17, 15) is 5.11 Å². The largest absolute Gasteiger partial charge is 0.508 e. The normalized spacial score (nSPS) is 24.8. The molecule has 3 aliphatic rings. The van der Waals surface area contributed by atoms with Crippen LogP contribution >= 0.6 is 0 Å². The first-order valence-electron chi connectivity index (χ1n) is 14.5. The van der Waals surface area contributed by atoms with Gasteiger partial charge in [0, 0.05) is 69.3 Å². The Morgan fingerprint density at radius 3 is 2.33 bits per heavy atom. The summed E-state index contributed by atoms with van der Waals surface area (Å²) < 4.78 is 22.1. The maximum Gasteiger partial charge on any atom is 0.146 e. The monoisotopic (exact) mass is 529 g/mol. The number of piperazine rings is 1. The highest BCUT2D eigenvalue weighted by molar-refractivity contribution is 5.55. The van der Waals surface area contributed by atoms with Gasteiger partial charge < -0.3 is 24.5 Å². The Balaban J connectivity index is 1.22. The van der Waals surface area contributed by atoms with Crippen molar-refractivity contribution in [3.8, 4) is 11.5 Å². The van der Waals surface area contributed by atoms with Crippen LogP contribution in [0, 0.1) is 11.7 Å². The van der Waals surface area contributed by atoms with Crippen LogP contribution in [0.1, 0.15) is 48.3 Å². The van der Waals surface area contributed by atoms with Crippen LogP contribution in [-0.4, -0.2) is 73.9 Å². The third kappa shape index (κ3) is 5.50. The van der Waals surface area contributed by atoms with E-state index in [1.165, 1.54) is 12.1 Å². The molecular weight excluding hydrogens is 489 g/mol. The van der Waals surface area contributed by atoms with Crippen LogP contribution in [0.5, 0.6) is 11.5 Å². The number of hydrogen-bond acceptors (Lipinski definition) is 5. The van der Waals surface area contributed by atoms with Crippen LogP contribution in [0.25, 0.3) is 0 Å². The fourth-order valence-corrected chi connectivity index (χ4v) is 6.87. The summed E-state index contributed by atoms with van der Waals surface area (Å²) in [5.74, 6) is 1.33. The number of benzene rings is 3.